The Kier molecular flexibility index (Phi) is 4.52. The molecule has 0 amide bonds. The van der Waals surface area contributed by atoms with Crippen molar-refractivity contribution in [2.24, 2.45) is 0 Å². The molecule has 5 nitrogen and oxygen atoms in total. The van der Waals surface area contributed by atoms with Gasteiger partial charge in [-0.1, -0.05) is 0 Å². The van der Waals surface area contributed by atoms with Crippen LogP contribution in [0.1, 0.15) is 5.56 Å². The molecule has 0 bridgehead atoms. The molecule has 0 aliphatic carbocycles. The predicted octanol–water partition coefficient (Wildman–Crippen LogP) is 2.13. The van der Waals surface area contributed by atoms with Crippen LogP contribution in [0.25, 0.3) is 0 Å². The average molecular weight is 283 g/mol. The second kappa shape index (κ2) is 6.33. The van der Waals surface area contributed by atoms with Crippen molar-refractivity contribution in [3.05, 3.63) is 41.7 Å². The number of rotatable bonds is 6. The van der Waals surface area contributed by atoms with E-state index in [-0.39, 0.29) is 6.54 Å². The summed E-state index contributed by atoms with van der Waals surface area (Å²) >= 11 is 0. The second-order valence-electron chi connectivity index (χ2n) is 4.25. The molecule has 0 aliphatic rings. The molecular weight excluding hydrogens is 268 g/mol. The zero-order valence-electron chi connectivity index (χ0n) is 10.9. The van der Waals surface area contributed by atoms with Gasteiger partial charge < -0.3 is 15.2 Å². The number of hydrogen-bond acceptors (Lipinski definition) is 4. The van der Waals surface area contributed by atoms with Crippen molar-refractivity contribution >= 4 is 5.69 Å². The fraction of sp³-hybridized carbons (Fsp3) is 0.308. The Balaban J connectivity index is 1.96. The molecule has 0 spiro atoms. The molecule has 20 heavy (non-hydrogen) atoms. The van der Waals surface area contributed by atoms with Gasteiger partial charge in [0.1, 0.15) is 0 Å². The first-order chi connectivity index (χ1) is 9.60. The molecular formula is C13H15F2N3O2. The minimum atomic E-state index is -0.974. The van der Waals surface area contributed by atoms with Crippen molar-refractivity contribution < 1.29 is 18.6 Å². The lowest BCUT2D eigenvalue weighted by molar-refractivity contribution is 0.183. The van der Waals surface area contributed by atoms with Gasteiger partial charge in [0.05, 0.1) is 25.0 Å². The number of aromatic hydroxyl groups is 1. The molecule has 0 unspecified atom stereocenters. The van der Waals surface area contributed by atoms with Gasteiger partial charge in [-0.25, -0.2) is 8.78 Å². The van der Waals surface area contributed by atoms with Crippen LogP contribution in [-0.2, 0) is 17.8 Å². The summed E-state index contributed by atoms with van der Waals surface area (Å²) in [5.41, 5.74) is 1.12. The highest BCUT2D eigenvalue weighted by Crippen LogP contribution is 2.21. The molecule has 1 aromatic heterocycles. The predicted molar refractivity (Wildman–Crippen MR) is 69.5 cm³/mol. The van der Waals surface area contributed by atoms with Gasteiger partial charge in [0, 0.05) is 19.9 Å². The van der Waals surface area contributed by atoms with E-state index in [4.69, 9.17) is 9.84 Å². The van der Waals surface area contributed by atoms with Crippen LogP contribution >= 0.6 is 0 Å². The summed E-state index contributed by atoms with van der Waals surface area (Å²) in [4.78, 5) is 0. The molecule has 2 rings (SSSR count). The van der Waals surface area contributed by atoms with E-state index >= 15 is 0 Å². The first-order valence-electron chi connectivity index (χ1n) is 6.02. The van der Waals surface area contributed by atoms with Gasteiger partial charge in [0.2, 0.25) is 0 Å². The Morgan fingerprint density at radius 3 is 2.70 bits per heavy atom. The fourth-order valence-electron chi connectivity index (χ4n) is 1.69. The van der Waals surface area contributed by atoms with Gasteiger partial charge in [-0.2, -0.15) is 5.10 Å². The smallest absolute Gasteiger partial charge is 0.187 e. The van der Waals surface area contributed by atoms with E-state index in [1.54, 1.807) is 24.2 Å². The standard InChI is InChI=1S/C13H15F2N3O2/c1-20-3-2-18-8-10(7-17-18)16-6-9-4-11(14)13(19)12(15)5-9/h4-5,7-8,16,19H,2-3,6H2,1H3. The number of aromatic nitrogens is 2. The summed E-state index contributed by atoms with van der Waals surface area (Å²) < 4.78 is 33.0. The molecule has 0 radical (unpaired) electrons. The third kappa shape index (κ3) is 3.45. The second-order valence-corrected chi connectivity index (χ2v) is 4.25. The van der Waals surface area contributed by atoms with Crippen molar-refractivity contribution in [1.29, 1.82) is 0 Å². The third-order valence-corrected chi connectivity index (χ3v) is 2.73. The molecule has 2 aromatic rings. The fourth-order valence-corrected chi connectivity index (χ4v) is 1.69. The van der Waals surface area contributed by atoms with Crippen LogP contribution < -0.4 is 5.32 Å². The van der Waals surface area contributed by atoms with Crippen LogP contribution in [-0.4, -0.2) is 28.6 Å². The Morgan fingerprint density at radius 2 is 2.05 bits per heavy atom. The number of phenols is 1. The highest BCUT2D eigenvalue weighted by molar-refractivity contribution is 5.40. The highest BCUT2D eigenvalue weighted by Gasteiger charge is 2.09. The third-order valence-electron chi connectivity index (χ3n) is 2.73. The van der Waals surface area contributed by atoms with Crippen molar-refractivity contribution in [1.82, 2.24) is 9.78 Å². The van der Waals surface area contributed by atoms with E-state index in [2.05, 4.69) is 10.4 Å². The Morgan fingerprint density at radius 1 is 1.35 bits per heavy atom. The minimum absolute atomic E-state index is 0.226. The topological polar surface area (TPSA) is 59.3 Å². The first kappa shape index (κ1) is 14.3. The largest absolute Gasteiger partial charge is 0.503 e. The molecule has 0 saturated carbocycles. The Hall–Kier alpha value is -2.15. The number of anilines is 1. The maximum Gasteiger partial charge on any atom is 0.187 e. The number of ether oxygens (including phenoxy) is 1. The molecule has 1 aromatic carbocycles. The van der Waals surface area contributed by atoms with Gasteiger partial charge in [0.25, 0.3) is 0 Å². The maximum absolute atomic E-state index is 13.2. The maximum atomic E-state index is 13.2. The zero-order chi connectivity index (χ0) is 14.5. The van der Waals surface area contributed by atoms with E-state index < -0.39 is 17.4 Å². The van der Waals surface area contributed by atoms with Crippen LogP contribution in [0.5, 0.6) is 5.75 Å². The van der Waals surface area contributed by atoms with Gasteiger partial charge >= 0.3 is 0 Å². The summed E-state index contributed by atoms with van der Waals surface area (Å²) in [6, 6.07) is 2.17. The lowest BCUT2D eigenvalue weighted by atomic mass is 10.2. The summed E-state index contributed by atoms with van der Waals surface area (Å²) in [5.74, 6) is -2.91. The van der Waals surface area contributed by atoms with Gasteiger partial charge in [0.15, 0.2) is 17.4 Å². The van der Waals surface area contributed by atoms with E-state index in [0.29, 0.717) is 18.7 Å². The molecule has 0 saturated heterocycles. The van der Waals surface area contributed by atoms with Crippen molar-refractivity contribution in [2.45, 2.75) is 13.1 Å². The van der Waals surface area contributed by atoms with E-state index in [0.717, 1.165) is 17.8 Å². The van der Waals surface area contributed by atoms with Crippen molar-refractivity contribution in [3.63, 3.8) is 0 Å². The summed E-state index contributed by atoms with van der Waals surface area (Å²) in [6.07, 6.45) is 3.38. The lowest BCUT2D eigenvalue weighted by Gasteiger charge is -2.05. The molecule has 2 N–H and O–H groups in total. The highest BCUT2D eigenvalue weighted by atomic mass is 19.1. The van der Waals surface area contributed by atoms with Crippen LogP contribution in [0, 0.1) is 11.6 Å². The number of methoxy groups -OCH3 is 1. The van der Waals surface area contributed by atoms with E-state index in [1.807, 2.05) is 0 Å². The summed E-state index contributed by atoms with van der Waals surface area (Å²) in [7, 11) is 1.61. The number of nitrogens with one attached hydrogen (secondary N) is 1. The quantitative estimate of drug-likeness (QED) is 0.852. The Bertz CT molecular complexity index is 564. The number of nitrogens with zero attached hydrogens (tertiary/aromatic N) is 2. The number of phenolic OH excluding ortho intramolecular Hbond substituents is 1. The van der Waals surface area contributed by atoms with Crippen molar-refractivity contribution in [2.75, 3.05) is 19.0 Å². The monoisotopic (exact) mass is 283 g/mol. The van der Waals surface area contributed by atoms with Crippen LogP contribution in [0.15, 0.2) is 24.5 Å². The molecule has 108 valence electrons. The number of benzene rings is 1. The average Bonchev–Trinajstić information content (AvgIpc) is 2.88. The van der Waals surface area contributed by atoms with E-state index in [9.17, 15) is 8.78 Å². The van der Waals surface area contributed by atoms with Crippen molar-refractivity contribution in [3.8, 4) is 5.75 Å². The lowest BCUT2D eigenvalue weighted by Crippen LogP contribution is -2.04. The molecule has 0 fully saturated rings. The SMILES string of the molecule is COCCn1cc(NCc2cc(F)c(O)c(F)c2)cn1. The number of halogens is 2. The zero-order valence-corrected chi connectivity index (χ0v) is 10.9. The Labute approximate surface area is 114 Å². The van der Waals surface area contributed by atoms with Gasteiger partial charge in [-0.05, 0) is 17.7 Å². The van der Waals surface area contributed by atoms with E-state index in [1.165, 1.54) is 0 Å². The molecule has 0 aliphatic heterocycles. The summed E-state index contributed by atoms with van der Waals surface area (Å²) in [6.45, 7) is 1.40. The van der Waals surface area contributed by atoms with Crippen LogP contribution in [0.3, 0.4) is 0 Å². The normalized spacial score (nSPS) is 10.8. The van der Waals surface area contributed by atoms with Crippen LogP contribution in [0.2, 0.25) is 0 Å². The van der Waals surface area contributed by atoms with Crippen LogP contribution in [0.4, 0.5) is 14.5 Å². The number of hydrogen-bond donors (Lipinski definition) is 2. The molecule has 0 atom stereocenters. The summed E-state index contributed by atoms with van der Waals surface area (Å²) in [5, 5.41) is 16.1. The minimum Gasteiger partial charge on any atom is -0.503 e. The first-order valence-corrected chi connectivity index (χ1v) is 6.02. The molecule has 7 heteroatoms. The van der Waals surface area contributed by atoms with Gasteiger partial charge in [-0.15, -0.1) is 0 Å². The molecule has 1 heterocycles. The van der Waals surface area contributed by atoms with Gasteiger partial charge in [-0.3, -0.25) is 4.68 Å².